The largest absolute Gasteiger partial charge is 0.457 e. The van der Waals surface area contributed by atoms with Crippen LogP contribution in [0.3, 0.4) is 0 Å². The van der Waals surface area contributed by atoms with Crippen LogP contribution in [-0.4, -0.2) is 28.5 Å². The normalized spacial score (nSPS) is 12.1. The number of anilines is 1. The molecule has 0 saturated carbocycles. The lowest BCUT2D eigenvalue weighted by molar-refractivity contribution is 0.146. The van der Waals surface area contributed by atoms with Crippen molar-refractivity contribution in [3.8, 4) is 6.01 Å². The summed E-state index contributed by atoms with van der Waals surface area (Å²) in [5, 5.41) is 3.45. The van der Waals surface area contributed by atoms with Gasteiger partial charge in [0.1, 0.15) is 24.0 Å². The van der Waals surface area contributed by atoms with Crippen molar-refractivity contribution in [2.24, 2.45) is 15.9 Å². The quantitative estimate of drug-likeness (QED) is 0.476. The van der Waals surface area contributed by atoms with Gasteiger partial charge in [-0.2, -0.15) is 10.1 Å². The van der Waals surface area contributed by atoms with Crippen LogP contribution in [-0.2, 0) is 0 Å². The molecule has 0 aliphatic heterocycles. The molecule has 0 aliphatic carbocycles. The minimum atomic E-state index is -2.94. The first-order valence-electron chi connectivity index (χ1n) is 6.59. The number of hydrazone groups is 1. The highest BCUT2D eigenvalue weighted by Gasteiger charge is 2.13. The Labute approximate surface area is 134 Å². The van der Waals surface area contributed by atoms with Crippen molar-refractivity contribution < 1.29 is 17.9 Å². The maximum atomic E-state index is 13.2. The highest BCUT2D eigenvalue weighted by Crippen LogP contribution is 2.26. The Balaban J connectivity index is 2.05. The van der Waals surface area contributed by atoms with Gasteiger partial charge in [0.25, 0.3) is 6.43 Å². The Morgan fingerprint density at radius 2 is 2.12 bits per heavy atom. The van der Waals surface area contributed by atoms with E-state index in [1.54, 1.807) is 0 Å². The highest BCUT2D eigenvalue weighted by atomic mass is 19.3. The van der Waals surface area contributed by atoms with Crippen molar-refractivity contribution in [1.29, 1.82) is 0 Å². The van der Waals surface area contributed by atoms with Crippen LogP contribution in [0, 0.1) is 5.82 Å². The number of halogens is 3. The average molecular weight is 338 g/mol. The van der Waals surface area contributed by atoms with E-state index in [-0.39, 0.29) is 29.8 Å². The molecule has 24 heavy (non-hydrogen) atoms. The monoisotopic (exact) mass is 338 g/mol. The lowest BCUT2D eigenvalue weighted by Crippen LogP contribution is -2.16. The van der Waals surface area contributed by atoms with E-state index in [1.807, 2.05) is 0 Å². The number of aromatic nitrogens is 2. The maximum absolute atomic E-state index is 13.2. The summed E-state index contributed by atoms with van der Waals surface area (Å²) >= 11 is 0. The summed E-state index contributed by atoms with van der Waals surface area (Å²) < 4.78 is 43.7. The van der Waals surface area contributed by atoms with Crippen molar-refractivity contribution >= 4 is 23.4 Å². The number of aliphatic imine (C=N–C) groups is 1. The molecule has 0 aliphatic rings. The molecule has 7 nitrogen and oxygen atoms in total. The van der Waals surface area contributed by atoms with Crippen LogP contribution < -0.4 is 16.3 Å². The number of alkyl halides is 2. The van der Waals surface area contributed by atoms with Crippen LogP contribution in [0.15, 0.2) is 40.6 Å². The smallest absolute Gasteiger partial charge is 0.318 e. The predicted octanol–water partition coefficient (Wildman–Crippen LogP) is 2.23. The zero-order valence-electron chi connectivity index (χ0n) is 12.2. The van der Waals surface area contributed by atoms with E-state index in [1.165, 1.54) is 24.5 Å². The SMILES string of the molecule is NN=C(C=Nc1ccc(F)c(C(F)F)c1)COc1nccc(N)n1. The fourth-order valence-electron chi connectivity index (χ4n) is 1.60. The zero-order chi connectivity index (χ0) is 17.5. The Hall–Kier alpha value is -3.17. The first-order chi connectivity index (χ1) is 11.5. The number of ether oxygens (including phenoxy) is 1. The van der Waals surface area contributed by atoms with Crippen molar-refractivity contribution in [3.63, 3.8) is 0 Å². The molecule has 0 fully saturated rings. The van der Waals surface area contributed by atoms with Gasteiger partial charge in [-0.25, -0.2) is 18.2 Å². The topological polar surface area (TPSA) is 112 Å². The van der Waals surface area contributed by atoms with Crippen LogP contribution in [0.1, 0.15) is 12.0 Å². The molecule has 1 aromatic carbocycles. The van der Waals surface area contributed by atoms with Gasteiger partial charge in [0.05, 0.1) is 17.5 Å². The second kappa shape index (κ2) is 7.90. The van der Waals surface area contributed by atoms with E-state index in [0.717, 1.165) is 12.1 Å². The van der Waals surface area contributed by atoms with E-state index in [2.05, 4.69) is 20.1 Å². The predicted molar refractivity (Wildman–Crippen MR) is 83.1 cm³/mol. The lowest BCUT2D eigenvalue weighted by Gasteiger charge is -2.04. The third-order valence-corrected chi connectivity index (χ3v) is 2.75. The van der Waals surface area contributed by atoms with Gasteiger partial charge in [0.15, 0.2) is 0 Å². The number of hydrogen-bond donors (Lipinski definition) is 2. The summed E-state index contributed by atoms with van der Waals surface area (Å²) in [6, 6.07) is 4.60. The summed E-state index contributed by atoms with van der Waals surface area (Å²) in [5.74, 6) is 4.43. The molecule has 0 spiro atoms. The minimum absolute atomic E-state index is 0.0197. The van der Waals surface area contributed by atoms with Gasteiger partial charge < -0.3 is 16.3 Å². The number of benzene rings is 1. The average Bonchev–Trinajstić information content (AvgIpc) is 2.56. The van der Waals surface area contributed by atoms with Gasteiger partial charge in [-0.1, -0.05) is 0 Å². The van der Waals surface area contributed by atoms with Crippen molar-refractivity contribution in [2.75, 3.05) is 12.3 Å². The Bertz CT molecular complexity index is 766. The summed E-state index contributed by atoms with van der Waals surface area (Å²) in [5.41, 5.74) is 5.05. The summed E-state index contributed by atoms with van der Waals surface area (Å²) in [7, 11) is 0. The van der Waals surface area contributed by atoms with E-state index >= 15 is 0 Å². The van der Waals surface area contributed by atoms with Crippen molar-refractivity contribution in [3.05, 3.63) is 41.8 Å². The van der Waals surface area contributed by atoms with E-state index in [9.17, 15) is 13.2 Å². The zero-order valence-corrected chi connectivity index (χ0v) is 12.2. The van der Waals surface area contributed by atoms with E-state index in [0.29, 0.717) is 0 Å². The molecule has 1 heterocycles. The molecular formula is C14H13F3N6O. The van der Waals surface area contributed by atoms with Gasteiger partial charge >= 0.3 is 6.01 Å². The fraction of sp³-hybridized carbons (Fsp3) is 0.143. The summed E-state index contributed by atoms with van der Waals surface area (Å²) in [6.07, 6.45) is -0.323. The molecule has 0 amide bonds. The Morgan fingerprint density at radius 1 is 1.33 bits per heavy atom. The molecule has 0 bridgehead atoms. The summed E-state index contributed by atoms with van der Waals surface area (Å²) in [4.78, 5) is 11.6. The lowest BCUT2D eigenvalue weighted by atomic mass is 10.2. The second-order valence-corrected chi connectivity index (χ2v) is 4.44. The number of nitrogens with two attached hydrogens (primary N) is 2. The van der Waals surface area contributed by atoms with Gasteiger partial charge in [0, 0.05) is 6.20 Å². The first-order valence-corrected chi connectivity index (χ1v) is 6.59. The van der Waals surface area contributed by atoms with Crippen molar-refractivity contribution in [1.82, 2.24) is 9.97 Å². The molecule has 126 valence electrons. The Kier molecular flexibility index (Phi) is 5.66. The third kappa shape index (κ3) is 4.66. The van der Waals surface area contributed by atoms with Crippen LogP contribution in [0.4, 0.5) is 24.7 Å². The van der Waals surface area contributed by atoms with Crippen LogP contribution in [0.25, 0.3) is 0 Å². The summed E-state index contributed by atoms with van der Waals surface area (Å²) in [6.45, 7) is -0.119. The third-order valence-electron chi connectivity index (χ3n) is 2.75. The van der Waals surface area contributed by atoms with Gasteiger partial charge in [-0.05, 0) is 24.3 Å². The van der Waals surface area contributed by atoms with Gasteiger partial charge in [0.2, 0.25) is 0 Å². The minimum Gasteiger partial charge on any atom is -0.457 e. The molecule has 0 unspecified atom stereocenters. The van der Waals surface area contributed by atoms with Crippen LogP contribution >= 0.6 is 0 Å². The molecule has 0 saturated heterocycles. The number of hydrogen-bond acceptors (Lipinski definition) is 7. The number of nitrogens with zero attached hydrogens (tertiary/aromatic N) is 4. The highest BCUT2D eigenvalue weighted by molar-refractivity contribution is 6.31. The first kappa shape index (κ1) is 17.2. The molecular weight excluding hydrogens is 325 g/mol. The maximum Gasteiger partial charge on any atom is 0.318 e. The van der Waals surface area contributed by atoms with E-state index < -0.39 is 17.8 Å². The van der Waals surface area contributed by atoms with Gasteiger partial charge in [-0.15, -0.1) is 0 Å². The molecule has 4 N–H and O–H groups in total. The van der Waals surface area contributed by atoms with Crippen LogP contribution in [0.2, 0.25) is 0 Å². The van der Waals surface area contributed by atoms with Crippen molar-refractivity contribution in [2.45, 2.75) is 6.43 Å². The molecule has 0 radical (unpaired) electrons. The molecule has 10 heteroatoms. The molecule has 2 rings (SSSR count). The molecule has 1 aromatic heterocycles. The van der Waals surface area contributed by atoms with Crippen LogP contribution in [0.5, 0.6) is 6.01 Å². The van der Waals surface area contributed by atoms with Gasteiger partial charge in [-0.3, -0.25) is 4.99 Å². The number of rotatable bonds is 6. The Morgan fingerprint density at radius 3 is 2.79 bits per heavy atom. The molecule has 2 aromatic rings. The molecule has 0 atom stereocenters. The second-order valence-electron chi connectivity index (χ2n) is 4.44. The number of nitrogen functional groups attached to an aromatic ring is 1. The van der Waals surface area contributed by atoms with E-state index in [4.69, 9.17) is 16.3 Å². The standard InChI is InChI=1S/C14H13F3N6O/c15-11-2-1-8(5-10(11)13(16)17)21-6-9(23-19)7-24-14-20-4-3-12(18)22-14/h1-6,13H,7,19H2,(H2,18,20,22). The fourth-order valence-corrected chi connectivity index (χ4v) is 1.60.